The SMILES string of the molecule is [CH2]C(c1ccc(C)nc1)N1CCOCC1. The summed E-state index contributed by atoms with van der Waals surface area (Å²) in [6.45, 7) is 9.73. The number of hydrogen-bond acceptors (Lipinski definition) is 3. The molecule has 0 aliphatic carbocycles. The molecule has 0 aromatic carbocycles. The summed E-state index contributed by atoms with van der Waals surface area (Å²) >= 11 is 0. The molecule has 1 aromatic rings. The second-order valence-corrected chi connectivity index (χ2v) is 3.90. The van der Waals surface area contributed by atoms with E-state index in [4.69, 9.17) is 4.74 Å². The van der Waals surface area contributed by atoms with Crippen LogP contribution < -0.4 is 0 Å². The minimum atomic E-state index is 0.196. The van der Waals surface area contributed by atoms with E-state index in [2.05, 4.69) is 22.9 Å². The lowest BCUT2D eigenvalue weighted by Crippen LogP contribution is -2.38. The molecular weight excluding hydrogens is 188 g/mol. The summed E-state index contributed by atoms with van der Waals surface area (Å²) in [5, 5.41) is 0. The molecule has 0 bridgehead atoms. The molecule has 1 fully saturated rings. The first kappa shape index (κ1) is 10.6. The summed E-state index contributed by atoms with van der Waals surface area (Å²) in [4.78, 5) is 6.63. The van der Waals surface area contributed by atoms with Crippen molar-refractivity contribution in [2.45, 2.75) is 13.0 Å². The van der Waals surface area contributed by atoms with Crippen LogP contribution in [-0.4, -0.2) is 36.2 Å². The van der Waals surface area contributed by atoms with Crippen LogP contribution in [0.5, 0.6) is 0 Å². The number of nitrogens with zero attached hydrogens (tertiary/aromatic N) is 2. The van der Waals surface area contributed by atoms with Crippen LogP contribution in [0.2, 0.25) is 0 Å². The Balaban J connectivity index is 2.05. The minimum Gasteiger partial charge on any atom is -0.379 e. The average Bonchev–Trinajstić information content (AvgIpc) is 2.30. The molecule has 3 nitrogen and oxygen atoms in total. The van der Waals surface area contributed by atoms with E-state index in [0.717, 1.165) is 32.0 Å². The maximum Gasteiger partial charge on any atom is 0.0594 e. The van der Waals surface area contributed by atoms with Crippen LogP contribution in [-0.2, 0) is 4.74 Å². The van der Waals surface area contributed by atoms with Crippen LogP contribution in [0, 0.1) is 13.8 Å². The summed E-state index contributed by atoms with van der Waals surface area (Å²) in [7, 11) is 0. The van der Waals surface area contributed by atoms with Crippen LogP contribution in [0.1, 0.15) is 17.3 Å². The standard InChI is InChI=1S/C12H17N2O/c1-10-3-4-12(9-13-10)11(2)14-5-7-15-8-6-14/h3-4,9,11H,2,5-8H2,1H3. The molecular formula is C12H17N2O. The summed E-state index contributed by atoms with van der Waals surface area (Å²) in [6, 6.07) is 4.34. The van der Waals surface area contributed by atoms with Gasteiger partial charge in [0, 0.05) is 31.0 Å². The van der Waals surface area contributed by atoms with Gasteiger partial charge in [0.25, 0.3) is 0 Å². The van der Waals surface area contributed by atoms with Crippen molar-refractivity contribution in [2.24, 2.45) is 0 Å². The molecule has 81 valence electrons. The van der Waals surface area contributed by atoms with Gasteiger partial charge in [0.05, 0.1) is 13.2 Å². The molecule has 0 saturated carbocycles. The topological polar surface area (TPSA) is 25.4 Å². The normalized spacial score (nSPS) is 20.1. The molecule has 1 saturated heterocycles. The number of hydrogen-bond donors (Lipinski definition) is 0. The quantitative estimate of drug-likeness (QED) is 0.733. The van der Waals surface area contributed by atoms with Crippen molar-refractivity contribution in [3.05, 3.63) is 36.5 Å². The molecule has 1 atom stereocenters. The van der Waals surface area contributed by atoms with E-state index >= 15 is 0 Å². The molecule has 1 aliphatic heterocycles. The van der Waals surface area contributed by atoms with Crippen molar-refractivity contribution in [1.29, 1.82) is 0 Å². The van der Waals surface area contributed by atoms with Gasteiger partial charge in [0.2, 0.25) is 0 Å². The average molecular weight is 205 g/mol. The summed E-state index contributed by atoms with van der Waals surface area (Å²) in [6.07, 6.45) is 1.92. The number of ether oxygens (including phenoxy) is 1. The minimum absolute atomic E-state index is 0.196. The molecule has 1 unspecified atom stereocenters. The molecule has 1 aromatic heterocycles. The number of morpholine rings is 1. The van der Waals surface area contributed by atoms with E-state index in [-0.39, 0.29) is 6.04 Å². The van der Waals surface area contributed by atoms with Crippen LogP contribution in [0.3, 0.4) is 0 Å². The third kappa shape index (κ3) is 2.55. The van der Waals surface area contributed by atoms with Crippen LogP contribution in [0.15, 0.2) is 18.3 Å². The highest BCUT2D eigenvalue weighted by Gasteiger charge is 2.18. The highest BCUT2D eigenvalue weighted by Crippen LogP contribution is 2.19. The summed E-state index contributed by atoms with van der Waals surface area (Å²) in [5.41, 5.74) is 2.23. The van der Waals surface area contributed by atoms with E-state index in [1.807, 2.05) is 19.2 Å². The molecule has 3 heteroatoms. The van der Waals surface area contributed by atoms with E-state index < -0.39 is 0 Å². The molecule has 0 N–H and O–H groups in total. The van der Waals surface area contributed by atoms with Gasteiger partial charge in [-0.1, -0.05) is 6.07 Å². The molecule has 2 heterocycles. The van der Waals surface area contributed by atoms with Crippen molar-refractivity contribution in [3.8, 4) is 0 Å². The van der Waals surface area contributed by atoms with Gasteiger partial charge in [-0.2, -0.15) is 0 Å². The lowest BCUT2D eigenvalue weighted by molar-refractivity contribution is 0.0247. The first-order valence-electron chi connectivity index (χ1n) is 5.35. The predicted octanol–water partition coefficient (Wildman–Crippen LogP) is 1.60. The van der Waals surface area contributed by atoms with Crippen molar-refractivity contribution < 1.29 is 4.74 Å². The summed E-state index contributed by atoms with van der Waals surface area (Å²) < 4.78 is 5.32. The third-order valence-corrected chi connectivity index (χ3v) is 2.81. The predicted molar refractivity (Wildman–Crippen MR) is 59.5 cm³/mol. The van der Waals surface area contributed by atoms with Gasteiger partial charge >= 0.3 is 0 Å². The Morgan fingerprint density at radius 1 is 1.40 bits per heavy atom. The highest BCUT2D eigenvalue weighted by atomic mass is 16.5. The largest absolute Gasteiger partial charge is 0.379 e. The van der Waals surface area contributed by atoms with E-state index in [1.54, 1.807) is 0 Å². The van der Waals surface area contributed by atoms with Crippen LogP contribution in [0.4, 0.5) is 0 Å². The first-order chi connectivity index (χ1) is 7.27. The Morgan fingerprint density at radius 2 is 2.13 bits per heavy atom. The van der Waals surface area contributed by atoms with Gasteiger partial charge in [-0.3, -0.25) is 9.88 Å². The fourth-order valence-electron chi connectivity index (χ4n) is 1.78. The molecule has 15 heavy (non-hydrogen) atoms. The van der Waals surface area contributed by atoms with E-state index in [0.29, 0.717) is 0 Å². The Bertz CT molecular complexity index is 304. The Hall–Kier alpha value is -0.930. The fraction of sp³-hybridized carbons (Fsp3) is 0.500. The molecule has 0 amide bonds. The fourth-order valence-corrected chi connectivity index (χ4v) is 1.78. The van der Waals surface area contributed by atoms with Crippen molar-refractivity contribution in [3.63, 3.8) is 0 Å². The second kappa shape index (κ2) is 4.73. The van der Waals surface area contributed by atoms with Crippen molar-refractivity contribution in [2.75, 3.05) is 26.3 Å². The lowest BCUT2D eigenvalue weighted by atomic mass is 10.1. The first-order valence-corrected chi connectivity index (χ1v) is 5.35. The van der Waals surface area contributed by atoms with Gasteiger partial charge < -0.3 is 4.74 Å². The maximum atomic E-state index is 5.32. The Morgan fingerprint density at radius 3 is 2.73 bits per heavy atom. The van der Waals surface area contributed by atoms with Gasteiger partial charge in [-0.25, -0.2) is 0 Å². The second-order valence-electron chi connectivity index (χ2n) is 3.90. The van der Waals surface area contributed by atoms with Gasteiger partial charge in [0.1, 0.15) is 0 Å². The third-order valence-electron chi connectivity index (χ3n) is 2.81. The lowest BCUT2D eigenvalue weighted by Gasteiger charge is -2.32. The van der Waals surface area contributed by atoms with Crippen molar-refractivity contribution in [1.82, 2.24) is 9.88 Å². The zero-order chi connectivity index (χ0) is 10.7. The number of rotatable bonds is 2. The maximum absolute atomic E-state index is 5.32. The molecule has 1 radical (unpaired) electrons. The van der Waals surface area contributed by atoms with E-state index in [9.17, 15) is 0 Å². The van der Waals surface area contributed by atoms with Gasteiger partial charge in [-0.15, -0.1) is 0 Å². The Kier molecular flexibility index (Phi) is 3.34. The van der Waals surface area contributed by atoms with Crippen LogP contribution in [0.25, 0.3) is 0 Å². The molecule has 1 aliphatic rings. The van der Waals surface area contributed by atoms with E-state index in [1.165, 1.54) is 5.56 Å². The highest BCUT2D eigenvalue weighted by molar-refractivity contribution is 5.18. The monoisotopic (exact) mass is 205 g/mol. The summed E-state index contributed by atoms with van der Waals surface area (Å²) in [5.74, 6) is 0. The number of aryl methyl sites for hydroxylation is 1. The van der Waals surface area contributed by atoms with Gasteiger partial charge in [-0.05, 0) is 25.5 Å². The smallest absolute Gasteiger partial charge is 0.0594 e. The molecule has 2 rings (SSSR count). The van der Waals surface area contributed by atoms with Crippen LogP contribution >= 0.6 is 0 Å². The number of aromatic nitrogens is 1. The zero-order valence-corrected chi connectivity index (χ0v) is 9.15. The van der Waals surface area contributed by atoms with Crippen molar-refractivity contribution >= 4 is 0 Å². The zero-order valence-electron chi connectivity index (χ0n) is 9.15. The number of pyridine rings is 1. The van der Waals surface area contributed by atoms with Gasteiger partial charge in [0.15, 0.2) is 0 Å². The molecule has 0 spiro atoms. The Labute approximate surface area is 91.1 Å².